The van der Waals surface area contributed by atoms with Crippen molar-refractivity contribution in [2.45, 2.75) is 24.8 Å². The molecule has 116 valence electrons. The van der Waals surface area contributed by atoms with E-state index in [0.29, 0.717) is 6.42 Å². The highest BCUT2D eigenvalue weighted by Crippen LogP contribution is 2.24. The highest BCUT2D eigenvalue weighted by atomic mass is 32.1. The van der Waals surface area contributed by atoms with Crippen LogP contribution in [0.1, 0.15) is 5.01 Å². The minimum atomic E-state index is -4.14. The average molecular weight is 322 g/mol. The summed E-state index contributed by atoms with van der Waals surface area (Å²) in [5, 5.41) is 0.757. The van der Waals surface area contributed by atoms with Crippen LogP contribution in [-0.4, -0.2) is 36.6 Å². The van der Waals surface area contributed by atoms with Gasteiger partial charge in [0.25, 0.3) is 0 Å². The number of benzene rings is 1. The number of hydrogen-bond donors (Lipinski definition) is 1. The molecule has 0 amide bonds. The number of alkyl halides is 4. The Morgan fingerprint density at radius 1 is 1.29 bits per heavy atom. The van der Waals surface area contributed by atoms with Crippen molar-refractivity contribution in [1.29, 1.82) is 0 Å². The largest absolute Gasteiger partial charge is 0.373 e. The Hall–Kier alpha value is -1.25. The number of fused-ring (bicyclic) bond motifs is 1. The molecule has 3 nitrogen and oxygen atoms in total. The average Bonchev–Trinajstić information content (AvgIpc) is 2.80. The van der Waals surface area contributed by atoms with Gasteiger partial charge in [0.05, 0.1) is 21.8 Å². The third kappa shape index (κ3) is 4.36. The molecule has 0 aliphatic rings. The predicted octanol–water partition coefficient (Wildman–Crippen LogP) is 3.08. The van der Waals surface area contributed by atoms with Crippen molar-refractivity contribution in [3.63, 3.8) is 0 Å². The first-order chi connectivity index (χ1) is 9.88. The summed E-state index contributed by atoms with van der Waals surface area (Å²) in [5.41, 5.74) is 6.58. The lowest BCUT2D eigenvalue weighted by Crippen LogP contribution is -2.36. The number of thiazole rings is 1. The Morgan fingerprint density at radius 2 is 2.00 bits per heavy atom. The molecule has 0 saturated carbocycles. The first-order valence-electron chi connectivity index (χ1n) is 6.22. The van der Waals surface area contributed by atoms with Crippen LogP contribution in [0, 0.1) is 0 Å². The summed E-state index contributed by atoms with van der Waals surface area (Å²) < 4.78 is 54.7. The molecule has 8 heteroatoms. The van der Waals surface area contributed by atoms with E-state index in [-0.39, 0.29) is 6.61 Å². The van der Waals surface area contributed by atoms with Crippen molar-refractivity contribution >= 4 is 21.6 Å². The molecule has 1 heterocycles. The Kier molecular flexibility index (Phi) is 5.13. The molecular weight excluding hydrogens is 308 g/mol. The van der Waals surface area contributed by atoms with Crippen LogP contribution in [0.25, 0.3) is 10.2 Å². The standard InChI is InChI=1S/C13H14F4N2OS/c14-12(15)13(16,17)7-20-6-8(18)5-11-19-9-3-1-2-4-10(9)21-11/h1-4,8,12H,5-7,18H2. The second-order valence-corrected chi connectivity index (χ2v) is 5.73. The minimum absolute atomic E-state index is 0.224. The summed E-state index contributed by atoms with van der Waals surface area (Å²) in [5.74, 6) is -4.14. The third-order valence-electron chi connectivity index (χ3n) is 2.72. The van der Waals surface area contributed by atoms with Gasteiger partial charge in [0.15, 0.2) is 0 Å². The Morgan fingerprint density at radius 3 is 2.67 bits per heavy atom. The summed E-state index contributed by atoms with van der Waals surface area (Å²) >= 11 is 1.45. The molecular formula is C13H14F4N2OS. The maximum Gasteiger partial charge on any atom is 0.330 e. The summed E-state index contributed by atoms with van der Waals surface area (Å²) in [6.45, 7) is -1.56. The smallest absolute Gasteiger partial charge is 0.330 e. The van der Waals surface area contributed by atoms with E-state index in [4.69, 9.17) is 5.73 Å². The van der Waals surface area contributed by atoms with Crippen LogP contribution in [0.3, 0.4) is 0 Å². The molecule has 1 atom stereocenters. The minimum Gasteiger partial charge on any atom is -0.373 e. The van der Waals surface area contributed by atoms with Crippen LogP contribution in [0.2, 0.25) is 0 Å². The van der Waals surface area contributed by atoms with Gasteiger partial charge in [-0.05, 0) is 12.1 Å². The Balaban J connectivity index is 1.83. The topological polar surface area (TPSA) is 48.1 Å². The second kappa shape index (κ2) is 6.67. The fourth-order valence-corrected chi connectivity index (χ4v) is 2.76. The zero-order valence-electron chi connectivity index (χ0n) is 10.9. The number of nitrogens with zero attached hydrogens (tertiary/aromatic N) is 1. The number of aromatic nitrogens is 1. The van der Waals surface area contributed by atoms with Crippen molar-refractivity contribution in [3.8, 4) is 0 Å². The van der Waals surface area contributed by atoms with E-state index in [1.165, 1.54) is 11.3 Å². The SMILES string of the molecule is NC(COCC(F)(F)C(F)F)Cc1nc2ccccc2s1. The van der Waals surface area contributed by atoms with E-state index in [9.17, 15) is 17.6 Å². The molecule has 2 rings (SSSR count). The molecule has 0 spiro atoms. The van der Waals surface area contributed by atoms with Gasteiger partial charge in [0.1, 0.15) is 6.61 Å². The molecule has 0 saturated heterocycles. The molecule has 2 N–H and O–H groups in total. The number of para-hydroxylation sites is 1. The molecule has 21 heavy (non-hydrogen) atoms. The van der Waals surface area contributed by atoms with Gasteiger partial charge in [-0.2, -0.15) is 8.78 Å². The predicted molar refractivity (Wildman–Crippen MR) is 73.1 cm³/mol. The van der Waals surface area contributed by atoms with Crippen LogP contribution < -0.4 is 5.73 Å². The lowest BCUT2D eigenvalue weighted by Gasteiger charge is -2.17. The fourth-order valence-electron chi connectivity index (χ4n) is 1.70. The van der Waals surface area contributed by atoms with Crippen molar-refractivity contribution in [3.05, 3.63) is 29.3 Å². The molecule has 1 aromatic heterocycles. The summed E-state index contributed by atoms with van der Waals surface area (Å²) in [6, 6.07) is 6.96. The van der Waals surface area contributed by atoms with Crippen LogP contribution in [0.5, 0.6) is 0 Å². The first-order valence-corrected chi connectivity index (χ1v) is 7.04. The van der Waals surface area contributed by atoms with Gasteiger partial charge in [0.2, 0.25) is 0 Å². The second-order valence-electron chi connectivity index (χ2n) is 4.62. The van der Waals surface area contributed by atoms with Crippen molar-refractivity contribution < 1.29 is 22.3 Å². The van der Waals surface area contributed by atoms with Gasteiger partial charge in [-0.1, -0.05) is 12.1 Å². The molecule has 0 fully saturated rings. The number of halogens is 4. The van der Waals surface area contributed by atoms with Crippen LogP contribution in [-0.2, 0) is 11.2 Å². The van der Waals surface area contributed by atoms with Crippen LogP contribution in [0.15, 0.2) is 24.3 Å². The molecule has 1 aromatic carbocycles. The van der Waals surface area contributed by atoms with Gasteiger partial charge < -0.3 is 10.5 Å². The van der Waals surface area contributed by atoms with Crippen molar-refractivity contribution in [2.24, 2.45) is 5.73 Å². The Labute approximate surface area is 122 Å². The molecule has 1 unspecified atom stereocenters. The van der Waals surface area contributed by atoms with E-state index >= 15 is 0 Å². The third-order valence-corrected chi connectivity index (χ3v) is 3.78. The van der Waals surface area contributed by atoms with E-state index in [2.05, 4.69) is 9.72 Å². The lowest BCUT2D eigenvalue weighted by molar-refractivity contribution is -0.166. The maximum atomic E-state index is 12.6. The van der Waals surface area contributed by atoms with E-state index in [1.54, 1.807) is 0 Å². The molecule has 0 bridgehead atoms. The number of hydrogen-bond acceptors (Lipinski definition) is 4. The van der Waals surface area contributed by atoms with E-state index in [0.717, 1.165) is 15.2 Å². The molecule has 0 aliphatic heterocycles. The molecule has 0 aliphatic carbocycles. The molecule has 2 aromatic rings. The van der Waals surface area contributed by atoms with Gasteiger partial charge in [0, 0.05) is 12.5 Å². The number of nitrogens with two attached hydrogens (primary N) is 1. The van der Waals surface area contributed by atoms with E-state index < -0.39 is 25.0 Å². The monoisotopic (exact) mass is 322 g/mol. The number of ether oxygens (including phenoxy) is 1. The fraction of sp³-hybridized carbons (Fsp3) is 0.462. The van der Waals surface area contributed by atoms with Gasteiger partial charge >= 0.3 is 12.3 Å². The zero-order chi connectivity index (χ0) is 15.5. The Bertz CT molecular complexity index is 557. The summed E-state index contributed by atoms with van der Waals surface area (Å²) in [4.78, 5) is 4.35. The quantitative estimate of drug-likeness (QED) is 0.797. The van der Waals surface area contributed by atoms with Crippen molar-refractivity contribution in [2.75, 3.05) is 13.2 Å². The van der Waals surface area contributed by atoms with Gasteiger partial charge in [-0.25, -0.2) is 13.8 Å². The van der Waals surface area contributed by atoms with Gasteiger partial charge in [-0.15, -0.1) is 11.3 Å². The lowest BCUT2D eigenvalue weighted by atomic mass is 10.2. The summed E-state index contributed by atoms with van der Waals surface area (Å²) in [6.07, 6.45) is -3.39. The normalized spacial score (nSPS) is 14.0. The van der Waals surface area contributed by atoms with Crippen LogP contribution in [0.4, 0.5) is 17.6 Å². The van der Waals surface area contributed by atoms with Crippen LogP contribution >= 0.6 is 11.3 Å². The highest BCUT2D eigenvalue weighted by molar-refractivity contribution is 7.18. The zero-order valence-corrected chi connectivity index (χ0v) is 11.8. The highest BCUT2D eigenvalue weighted by Gasteiger charge is 2.41. The first kappa shape index (κ1) is 16.1. The van der Waals surface area contributed by atoms with E-state index in [1.807, 2.05) is 24.3 Å². The van der Waals surface area contributed by atoms with Crippen molar-refractivity contribution in [1.82, 2.24) is 4.98 Å². The molecule has 0 radical (unpaired) electrons. The maximum absolute atomic E-state index is 12.6. The summed E-state index contributed by atoms with van der Waals surface area (Å²) in [7, 11) is 0. The van der Waals surface area contributed by atoms with Gasteiger partial charge in [-0.3, -0.25) is 0 Å². The number of rotatable bonds is 7.